The van der Waals surface area contributed by atoms with Crippen LogP contribution in [0.3, 0.4) is 0 Å². The Morgan fingerprint density at radius 1 is 1.33 bits per heavy atom. The average Bonchev–Trinajstić information content (AvgIpc) is 2.31. The normalized spacial score (nSPS) is 35.3. The highest BCUT2D eigenvalue weighted by molar-refractivity contribution is 5.71. The van der Waals surface area contributed by atoms with E-state index >= 15 is 0 Å². The fourth-order valence-corrected chi connectivity index (χ4v) is 3.29. The summed E-state index contributed by atoms with van der Waals surface area (Å²) >= 11 is 0. The number of carboxylic acids is 1. The SMILES string of the molecule is CC(=O)OC1C2=CCCC(C(=O)O)C2CCC1C. The molecule has 4 nitrogen and oxygen atoms in total. The third-order valence-corrected chi connectivity index (χ3v) is 4.16. The van der Waals surface area contributed by atoms with Crippen LogP contribution in [0.4, 0.5) is 0 Å². The summed E-state index contributed by atoms with van der Waals surface area (Å²) in [4.78, 5) is 22.5. The summed E-state index contributed by atoms with van der Waals surface area (Å²) in [6, 6.07) is 0. The van der Waals surface area contributed by atoms with Crippen molar-refractivity contribution in [3.05, 3.63) is 11.6 Å². The molecule has 0 spiro atoms. The Hall–Kier alpha value is -1.32. The minimum Gasteiger partial charge on any atom is -0.481 e. The van der Waals surface area contributed by atoms with Crippen LogP contribution in [0.25, 0.3) is 0 Å². The Morgan fingerprint density at radius 3 is 2.67 bits per heavy atom. The lowest BCUT2D eigenvalue weighted by Gasteiger charge is -2.41. The highest BCUT2D eigenvalue weighted by Crippen LogP contribution is 2.43. The third-order valence-electron chi connectivity index (χ3n) is 4.16. The molecular formula is C14H20O4. The first-order chi connectivity index (χ1) is 8.50. The fraction of sp³-hybridized carbons (Fsp3) is 0.714. The number of fused-ring (bicyclic) bond motifs is 1. The highest BCUT2D eigenvalue weighted by Gasteiger charge is 2.42. The minimum absolute atomic E-state index is 0.0526. The largest absolute Gasteiger partial charge is 0.481 e. The molecule has 100 valence electrons. The van der Waals surface area contributed by atoms with E-state index in [1.165, 1.54) is 6.92 Å². The number of ether oxygens (including phenoxy) is 1. The van der Waals surface area contributed by atoms with Crippen LogP contribution in [-0.4, -0.2) is 23.1 Å². The Labute approximate surface area is 107 Å². The van der Waals surface area contributed by atoms with Gasteiger partial charge in [0.05, 0.1) is 5.92 Å². The van der Waals surface area contributed by atoms with Crippen LogP contribution in [0.5, 0.6) is 0 Å². The molecule has 0 bridgehead atoms. The molecule has 2 aliphatic rings. The van der Waals surface area contributed by atoms with Crippen LogP contribution in [0.2, 0.25) is 0 Å². The average molecular weight is 252 g/mol. The van der Waals surface area contributed by atoms with Crippen molar-refractivity contribution in [1.29, 1.82) is 0 Å². The molecule has 0 amide bonds. The van der Waals surface area contributed by atoms with Gasteiger partial charge in [0.25, 0.3) is 0 Å². The van der Waals surface area contributed by atoms with Gasteiger partial charge in [-0.2, -0.15) is 0 Å². The zero-order chi connectivity index (χ0) is 13.3. The zero-order valence-electron chi connectivity index (χ0n) is 10.9. The summed E-state index contributed by atoms with van der Waals surface area (Å²) < 4.78 is 5.40. The quantitative estimate of drug-likeness (QED) is 0.605. The van der Waals surface area contributed by atoms with Crippen molar-refractivity contribution < 1.29 is 19.4 Å². The standard InChI is InChI=1S/C14H20O4/c1-8-6-7-10-11(13(8)18-9(2)15)4-3-5-12(10)14(16)17/h4,8,10,12-13H,3,5-7H2,1-2H3,(H,16,17). The maximum absolute atomic E-state index is 11.3. The minimum atomic E-state index is -0.721. The first kappa shape index (κ1) is 13.1. The number of hydrogen-bond acceptors (Lipinski definition) is 3. The van der Waals surface area contributed by atoms with Crippen molar-refractivity contribution in [3.8, 4) is 0 Å². The molecular weight excluding hydrogens is 232 g/mol. The van der Waals surface area contributed by atoms with Crippen molar-refractivity contribution in [2.75, 3.05) is 0 Å². The summed E-state index contributed by atoms with van der Waals surface area (Å²) in [5.74, 6) is -0.983. The predicted molar refractivity (Wildman–Crippen MR) is 65.9 cm³/mol. The monoisotopic (exact) mass is 252 g/mol. The van der Waals surface area contributed by atoms with E-state index in [0.29, 0.717) is 6.42 Å². The first-order valence-corrected chi connectivity index (χ1v) is 6.60. The topological polar surface area (TPSA) is 63.6 Å². The molecule has 18 heavy (non-hydrogen) atoms. The molecule has 0 heterocycles. The van der Waals surface area contributed by atoms with Crippen LogP contribution < -0.4 is 0 Å². The van der Waals surface area contributed by atoms with Gasteiger partial charge in [0.1, 0.15) is 6.10 Å². The van der Waals surface area contributed by atoms with E-state index in [1.54, 1.807) is 0 Å². The van der Waals surface area contributed by atoms with Crippen LogP contribution in [0.15, 0.2) is 11.6 Å². The van der Waals surface area contributed by atoms with Gasteiger partial charge >= 0.3 is 11.9 Å². The van der Waals surface area contributed by atoms with Crippen molar-refractivity contribution in [2.45, 2.75) is 45.6 Å². The van der Waals surface area contributed by atoms with Crippen molar-refractivity contribution >= 4 is 11.9 Å². The van der Waals surface area contributed by atoms with E-state index < -0.39 is 5.97 Å². The van der Waals surface area contributed by atoms with Crippen LogP contribution in [0.1, 0.15) is 39.5 Å². The second kappa shape index (κ2) is 5.12. The Balaban J connectivity index is 2.24. The van der Waals surface area contributed by atoms with E-state index in [0.717, 1.165) is 24.8 Å². The predicted octanol–water partition coefficient (Wildman–Crippen LogP) is 2.39. The van der Waals surface area contributed by atoms with Gasteiger partial charge in [-0.3, -0.25) is 9.59 Å². The van der Waals surface area contributed by atoms with Gasteiger partial charge in [-0.15, -0.1) is 0 Å². The number of carboxylic acid groups (broad SMARTS) is 1. The van der Waals surface area contributed by atoms with Crippen LogP contribution >= 0.6 is 0 Å². The van der Waals surface area contributed by atoms with Gasteiger partial charge in [-0.05, 0) is 43.1 Å². The number of rotatable bonds is 2. The lowest BCUT2D eigenvalue weighted by molar-refractivity contribution is -0.149. The van der Waals surface area contributed by atoms with E-state index in [9.17, 15) is 14.7 Å². The molecule has 0 aliphatic heterocycles. The number of hydrogen-bond donors (Lipinski definition) is 1. The Morgan fingerprint density at radius 2 is 2.06 bits per heavy atom. The summed E-state index contributed by atoms with van der Waals surface area (Å²) in [6.07, 6.45) is 5.15. The second-order valence-electron chi connectivity index (χ2n) is 5.42. The summed E-state index contributed by atoms with van der Waals surface area (Å²) in [6.45, 7) is 3.48. The summed E-state index contributed by atoms with van der Waals surface area (Å²) in [5, 5.41) is 9.28. The Kier molecular flexibility index (Phi) is 3.73. The summed E-state index contributed by atoms with van der Waals surface area (Å²) in [7, 11) is 0. The first-order valence-electron chi connectivity index (χ1n) is 6.60. The number of allylic oxidation sites excluding steroid dienone is 1. The molecule has 0 aromatic carbocycles. The molecule has 1 N–H and O–H groups in total. The van der Waals surface area contributed by atoms with E-state index in [-0.39, 0.29) is 29.8 Å². The molecule has 0 radical (unpaired) electrons. The van der Waals surface area contributed by atoms with E-state index in [1.807, 2.05) is 0 Å². The fourth-order valence-electron chi connectivity index (χ4n) is 3.29. The van der Waals surface area contributed by atoms with Gasteiger partial charge < -0.3 is 9.84 Å². The van der Waals surface area contributed by atoms with Gasteiger partial charge in [0.15, 0.2) is 0 Å². The maximum atomic E-state index is 11.3. The molecule has 0 aromatic heterocycles. The second-order valence-corrected chi connectivity index (χ2v) is 5.42. The van der Waals surface area contributed by atoms with Gasteiger partial charge in [-0.1, -0.05) is 13.0 Å². The molecule has 0 saturated heterocycles. The zero-order valence-corrected chi connectivity index (χ0v) is 10.9. The maximum Gasteiger partial charge on any atom is 0.307 e. The number of esters is 1. The van der Waals surface area contributed by atoms with Gasteiger partial charge in [0.2, 0.25) is 0 Å². The van der Waals surface area contributed by atoms with E-state index in [2.05, 4.69) is 13.0 Å². The lowest BCUT2D eigenvalue weighted by atomic mass is 9.67. The van der Waals surface area contributed by atoms with Crippen LogP contribution in [0, 0.1) is 17.8 Å². The van der Waals surface area contributed by atoms with Crippen molar-refractivity contribution in [2.24, 2.45) is 17.8 Å². The summed E-state index contributed by atoms with van der Waals surface area (Å²) in [5.41, 5.74) is 1.04. The number of aliphatic carboxylic acids is 1. The molecule has 2 rings (SSSR count). The molecule has 4 unspecified atom stereocenters. The van der Waals surface area contributed by atoms with E-state index in [4.69, 9.17) is 4.74 Å². The lowest BCUT2D eigenvalue weighted by Crippen LogP contribution is -2.40. The molecule has 0 aromatic rings. The Bertz CT molecular complexity index is 385. The van der Waals surface area contributed by atoms with Crippen LogP contribution in [-0.2, 0) is 14.3 Å². The third kappa shape index (κ3) is 2.42. The van der Waals surface area contributed by atoms with Gasteiger partial charge in [0, 0.05) is 6.92 Å². The molecule has 1 fully saturated rings. The van der Waals surface area contributed by atoms with Crippen molar-refractivity contribution in [1.82, 2.24) is 0 Å². The molecule has 2 aliphatic carbocycles. The van der Waals surface area contributed by atoms with Gasteiger partial charge in [-0.25, -0.2) is 0 Å². The molecule has 4 heteroatoms. The molecule has 1 saturated carbocycles. The number of carbonyl (C=O) groups excluding carboxylic acids is 1. The number of carbonyl (C=O) groups is 2. The van der Waals surface area contributed by atoms with Crippen molar-refractivity contribution in [3.63, 3.8) is 0 Å². The highest BCUT2D eigenvalue weighted by atomic mass is 16.5. The molecule has 4 atom stereocenters. The smallest absolute Gasteiger partial charge is 0.307 e.